The summed E-state index contributed by atoms with van der Waals surface area (Å²) in [4.78, 5) is 26.2. The van der Waals surface area contributed by atoms with Crippen LogP contribution in [-0.4, -0.2) is 17.0 Å². The first-order chi connectivity index (χ1) is 10.5. The molecule has 1 aliphatic heterocycles. The fraction of sp³-hybridized carbons (Fsp3) is 0.353. The molecule has 0 bridgehead atoms. The van der Waals surface area contributed by atoms with Gasteiger partial charge in [0.05, 0.1) is 11.6 Å². The second-order valence-corrected chi connectivity index (χ2v) is 5.63. The van der Waals surface area contributed by atoms with Gasteiger partial charge in [0.2, 0.25) is 0 Å². The Morgan fingerprint density at radius 1 is 1.18 bits per heavy atom. The number of benzene rings is 1. The molecule has 1 atom stereocenters. The van der Waals surface area contributed by atoms with E-state index >= 15 is 0 Å². The Hall–Kier alpha value is -2.61. The lowest BCUT2D eigenvalue weighted by Gasteiger charge is -2.16. The van der Waals surface area contributed by atoms with Gasteiger partial charge in [0.1, 0.15) is 0 Å². The number of hydrogen-bond acceptors (Lipinski definition) is 3. The van der Waals surface area contributed by atoms with Crippen molar-refractivity contribution in [2.75, 3.05) is 11.4 Å². The van der Waals surface area contributed by atoms with Crippen molar-refractivity contribution in [3.05, 3.63) is 40.2 Å². The first-order valence-corrected chi connectivity index (χ1v) is 7.39. The van der Waals surface area contributed by atoms with Gasteiger partial charge < -0.3 is 9.47 Å². The van der Waals surface area contributed by atoms with Crippen LogP contribution in [0, 0.1) is 11.3 Å². The molecule has 22 heavy (non-hydrogen) atoms. The number of likely N-dealkylation sites (N-methyl/N-ethyl adjacent to an activating group) is 1. The minimum Gasteiger partial charge on any atom is -0.311 e. The second kappa shape index (κ2) is 4.70. The molecule has 1 amide bonds. The molecule has 0 aliphatic carbocycles. The van der Waals surface area contributed by atoms with Gasteiger partial charge in [-0.15, -0.1) is 0 Å². The normalized spacial score (nSPS) is 20.3. The molecule has 1 aromatic heterocycles. The van der Waals surface area contributed by atoms with Crippen LogP contribution >= 0.6 is 0 Å². The van der Waals surface area contributed by atoms with E-state index in [0.717, 1.165) is 16.6 Å². The monoisotopic (exact) mass is 295 g/mol. The van der Waals surface area contributed by atoms with E-state index in [2.05, 4.69) is 6.07 Å². The lowest BCUT2D eigenvalue weighted by Crippen LogP contribution is -2.37. The summed E-state index contributed by atoms with van der Waals surface area (Å²) in [5.74, 6) is -0.201. The van der Waals surface area contributed by atoms with Gasteiger partial charge in [0, 0.05) is 35.8 Å². The first-order valence-electron chi connectivity index (χ1n) is 7.39. The molecule has 0 fully saturated rings. The van der Waals surface area contributed by atoms with Gasteiger partial charge >= 0.3 is 0 Å². The predicted molar refractivity (Wildman–Crippen MR) is 84.9 cm³/mol. The van der Waals surface area contributed by atoms with E-state index in [0.29, 0.717) is 18.7 Å². The fourth-order valence-electron chi connectivity index (χ4n) is 3.20. The number of aromatic nitrogens is 1. The summed E-state index contributed by atoms with van der Waals surface area (Å²) < 4.78 is 1.66. The minimum absolute atomic E-state index is 0.0784. The molecule has 0 N–H and O–H groups in total. The maximum absolute atomic E-state index is 12.6. The molecule has 5 heteroatoms. The van der Waals surface area contributed by atoms with Crippen LogP contribution in [0.2, 0.25) is 0 Å². The Morgan fingerprint density at radius 3 is 2.50 bits per heavy atom. The summed E-state index contributed by atoms with van der Waals surface area (Å²) >= 11 is 0. The van der Waals surface area contributed by atoms with Crippen molar-refractivity contribution in [3.63, 3.8) is 0 Å². The number of amides is 1. The van der Waals surface area contributed by atoms with E-state index in [1.54, 1.807) is 22.5 Å². The van der Waals surface area contributed by atoms with E-state index in [9.17, 15) is 14.9 Å². The standard InChI is InChI=1S/C17H17N3O2/c1-4-19-13-9-12-14(8-11(13)6-7-15(19)21)20(5-2)16(22)17(12,3)10-18/h6-9H,4-5H2,1-3H3. The number of carbonyl (C=O) groups excluding carboxylic acids is 1. The molecule has 5 nitrogen and oxygen atoms in total. The molecule has 1 aliphatic rings. The van der Waals surface area contributed by atoms with Crippen molar-refractivity contribution in [2.45, 2.75) is 32.7 Å². The van der Waals surface area contributed by atoms with Crippen LogP contribution in [0.25, 0.3) is 10.9 Å². The topological polar surface area (TPSA) is 66.1 Å². The summed E-state index contributed by atoms with van der Waals surface area (Å²) in [6.07, 6.45) is 0. The highest BCUT2D eigenvalue weighted by molar-refractivity contribution is 6.11. The van der Waals surface area contributed by atoms with Crippen LogP contribution in [0.1, 0.15) is 26.3 Å². The van der Waals surface area contributed by atoms with Crippen LogP contribution in [0.15, 0.2) is 29.1 Å². The van der Waals surface area contributed by atoms with Crippen LogP contribution in [0.3, 0.4) is 0 Å². The molecule has 3 rings (SSSR count). The van der Waals surface area contributed by atoms with Gasteiger partial charge in [0.15, 0.2) is 5.41 Å². The van der Waals surface area contributed by atoms with E-state index < -0.39 is 5.41 Å². The van der Waals surface area contributed by atoms with Crippen LogP contribution < -0.4 is 10.5 Å². The maximum atomic E-state index is 12.6. The molecule has 1 aromatic carbocycles. The number of nitriles is 1. The van der Waals surface area contributed by atoms with Gasteiger partial charge in [-0.05, 0) is 39.0 Å². The van der Waals surface area contributed by atoms with E-state index in [4.69, 9.17) is 0 Å². The Labute approximate surface area is 128 Å². The van der Waals surface area contributed by atoms with E-state index in [1.807, 2.05) is 26.0 Å². The number of fused-ring (bicyclic) bond motifs is 2. The molecule has 2 aromatic rings. The second-order valence-electron chi connectivity index (χ2n) is 5.63. The minimum atomic E-state index is -1.19. The number of carbonyl (C=O) groups is 1. The molecule has 0 radical (unpaired) electrons. The predicted octanol–water partition coefficient (Wildman–Crippen LogP) is 2.17. The van der Waals surface area contributed by atoms with Gasteiger partial charge in [-0.1, -0.05) is 0 Å². The molecule has 0 saturated carbocycles. The zero-order chi connectivity index (χ0) is 16.1. The number of rotatable bonds is 2. The van der Waals surface area contributed by atoms with Gasteiger partial charge in [-0.2, -0.15) is 5.26 Å². The van der Waals surface area contributed by atoms with Crippen molar-refractivity contribution in [2.24, 2.45) is 0 Å². The number of aryl methyl sites for hydroxylation is 1. The molecule has 112 valence electrons. The van der Waals surface area contributed by atoms with Crippen molar-refractivity contribution in [1.29, 1.82) is 5.26 Å². The number of pyridine rings is 1. The largest absolute Gasteiger partial charge is 0.311 e. The lowest BCUT2D eigenvalue weighted by molar-refractivity contribution is -0.120. The molecular weight excluding hydrogens is 278 g/mol. The highest BCUT2D eigenvalue weighted by Crippen LogP contribution is 2.43. The third-order valence-electron chi connectivity index (χ3n) is 4.47. The Balaban J connectivity index is 2.43. The lowest BCUT2D eigenvalue weighted by atomic mass is 9.85. The van der Waals surface area contributed by atoms with Gasteiger partial charge in [-0.25, -0.2) is 0 Å². The molecule has 1 unspecified atom stereocenters. The quantitative estimate of drug-likeness (QED) is 0.852. The summed E-state index contributed by atoms with van der Waals surface area (Å²) in [6.45, 7) is 6.50. The zero-order valence-corrected chi connectivity index (χ0v) is 12.9. The zero-order valence-electron chi connectivity index (χ0n) is 12.9. The van der Waals surface area contributed by atoms with Crippen molar-refractivity contribution in [1.82, 2.24) is 4.57 Å². The maximum Gasteiger partial charge on any atom is 0.251 e. The summed E-state index contributed by atoms with van der Waals surface area (Å²) in [5.41, 5.74) is 0.947. The summed E-state index contributed by atoms with van der Waals surface area (Å²) in [7, 11) is 0. The molecule has 2 heterocycles. The van der Waals surface area contributed by atoms with Gasteiger partial charge in [0.25, 0.3) is 11.5 Å². The average Bonchev–Trinajstić information content (AvgIpc) is 2.74. The van der Waals surface area contributed by atoms with Gasteiger partial charge in [-0.3, -0.25) is 9.59 Å². The third kappa shape index (κ3) is 1.64. The molecular formula is C17H17N3O2. The fourth-order valence-corrected chi connectivity index (χ4v) is 3.20. The highest BCUT2D eigenvalue weighted by Gasteiger charge is 2.47. The summed E-state index contributed by atoms with van der Waals surface area (Å²) in [6, 6.07) is 9.18. The SMILES string of the molecule is CCN1C(=O)C(C)(C#N)c2cc3c(ccc(=O)n3CC)cc21. The van der Waals surface area contributed by atoms with Crippen molar-refractivity contribution >= 4 is 22.5 Å². The summed E-state index contributed by atoms with van der Waals surface area (Å²) in [5, 5.41) is 10.4. The van der Waals surface area contributed by atoms with Crippen LogP contribution in [-0.2, 0) is 16.8 Å². The number of hydrogen-bond donors (Lipinski definition) is 0. The average molecular weight is 295 g/mol. The highest BCUT2D eigenvalue weighted by atomic mass is 16.2. The Bertz CT molecular complexity index is 891. The molecule has 0 spiro atoms. The van der Waals surface area contributed by atoms with E-state index in [1.165, 1.54) is 6.07 Å². The first kappa shape index (κ1) is 14.3. The Kier molecular flexibility index (Phi) is 3.06. The number of anilines is 1. The third-order valence-corrected chi connectivity index (χ3v) is 4.47. The van der Waals surface area contributed by atoms with Crippen LogP contribution in [0.4, 0.5) is 5.69 Å². The Morgan fingerprint density at radius 2 is 1.91 bits per heavy atom. The van der Waals surface area contributed by atoms with Crippen molar-refractivity contribution < 1.29 is 4.79 Å². The van der Waals surface area contributed by atoms with Crippen LogP contribution in [0.5, 0.6) is 0 Å². The smallest absolute Gasteiger partial charge is 0.251 e. The molecule has 0 saturated heterocycles. The van der Waals surface area contributed by atoms with E-state index in [-0.39, 0.29) is 11.5 Å². The van der Waals surface area contributed by atoms with Crippen molar-refractivity contribution in [3.8, 4) is 6.07 Å². The number of nitrogens with zero attached hydrogens (tertiary/aromatic N) is 3.